The first-order valence-corrected chi connectivity index (χ1v) is 6.93. The Morgan fingerprint density at radius 1 is 1.00 bits per heavy atom. The molecular weight excluding hydrogens is 332 g/mol. The highest BCUT2D eigenvalue weighted by Gasteiger charge is 2.20. The summed E-state index contributed by atoms with van der Waals surface area (Å²) in [4.78, 5) is 32.3. The van der Waals surface area contributed by atoms with Crippen molar-refractivity contribution in [3.63, 3.8) is 0 Å². The van der Waals surface area contributed by atoms with E-state index in [1.54, 1.807) is 24.3 Å². The van der Waals surface area contributed by atoms with Crippen molar-refractivity contribution < 1.29 is 19.1 Å². The summed E-state index contributed by atoms with van der Waals surface area (Å²) in [6.45, 7) is 0. The van der Waals surface area contributed by atoms with Gasteiger partial charge in [-0.25, -0.2) is 0 Å². The van der Waals surface area contributed by atoms with Crippen LogP contribution >= 0.6 is 0 Å². The van der Waals surface area contributed by atoms with Crippen LogP contribution in [0.25, 0.3) is 11.0 Å². The van der Waals surface area contributed by atoms with Crippen molar-refractivity contribution >= 4 is 33.9 Å². The minimum absolute atomic E-state index is 0.0123. The molecule has 2 aromatic carbocycles. The maximum absolute atomic E-state index is 12.1. The third kappa shape index (κ3) is 3.22. The van der Waals surface area contributed by atoms with Crippen LogP contribution in [0.5, 0.6) is 0 Å². The Morgan fingerprint density at radius 2 is 1.76 bits per heavy atom. The molecule has 0 radical (unpaired) electrons. The lowest BCUT2D eigenvalue weighted by Crippen LogP contribution is -2.29. The fourth-order valence-corrected chi connectivity index (χ4v) is 2.17. The van der Waals surface area contributed by atoms with E-state index >= 15 is 0 Å². The number of carbonyl (C=O) groups is 1. The van der Waals surface area contributed by atoms with Gasteiger partial charge in [0.1, 0.15) is 11.3 Å². The third-order valence-corrected chi connectivity index (χ3v) is 3.35. The molecule has 0 saturated heterocycles. The van der Waals surface area contributed by atoms with E-state index in [4.69, 9.17) is 4.42 Å². The van der Waals surface area contributed by atoms with Crippen LogP contribution in [0.2, 0.25) is 0 Å². The van der Waals surface area contributed by atoms with Gasteiger partial charge in [0.05, 0.1) is 15.9 Å². The largest absolute Gasteiger partial charge is 0.451 e. The van der Waals surface area contributed by atoms with Crippen LogP contribution in [-0.4, -0.2) is 15.8 Å². The summed E-state index contributed by atoms with van der Waals surface area (Å²) in [6.07, 6.45) is 0. The number of benzene rings is 2. The summed E-state index contributed by atoms with van der Waals surface area (Å²) in [5.74, 6) is -0.637. The molecule has 0 atom stereocenters. The van der Waals surface area contributed by atoms with Gasteiger partial charge in [0.25, 0.3) is 5.69 Å². The number of rotatable bonds is 5. The zero-order chi connectivity index (χ0) is 18.0. The van der Waals surface area contributed by atoms with Gasteiger partial charge in [0.2, 0.25) is 0 Å². The first kappa shape index (κ1) is 15.9. The molecule has 0 saturated carbocycles. The lowest BCUT2D eigenvalue weighted by atomic mass is 10.2. The molecule has 1 heterocycles. The maximum Gasteiger partial charge on any atom is 0.305 e. The zero-order valence-electron chi connectivity index (χ0n) is 12.5. The number of amides is 1. The van der Waals surface area contributed by atoms with Crippen molar-refractivity contribution in [3.05, 3.63) is 74.5 Å². The smallest absolute Gasteiger partial charge is 0.305 e. The molecule has 3 rings (SSSR count). The SMILES string of the molecule is O=C(NNc1ccc([N+](=O)[O-])cc1[N+](=O)[O-])c1cc2ccccc2o1. The molecule has 0 bridgehead atoms. The van der Waals surface area contributed by atoms with Gasteiger partial charge >= 0.3 is 11.6 Å². The van der Waals surface area contributed by atoms with E-state index in [1.807, 2.05) is 0 Å². The molecule has 25 heavy (non-hydrogen) atoms. The predicted octanol–water partition coefficient (Wildman–Crippen LogP) is 3.01. The fourth-order valence-electron chi connectivity index (χ4n) is 2.17. The Labute approximate surface area is 139 Å². The second kappa shape index (κ2) is 6.28. The number of hydrogen-bond acceptors (Lipinski definition) is 7. The van der Waals surface area contributed by atoms with Gasteiger partial charge in [-0.3, -0.25) is 35.9 Å². The number of carbonyl (C=O) groups excluding carboxylic acids is 1. The Morgan fingerprint density at radius 3 is 2.44 bits per heavy atom. The van der Waals surface area contributed by atoms with E-state index in [-0.39, 0.29) is 11.4 Å². The molecule has 0 unspecified atom stereocenters. The average Bonchev–Trinajstić information content (AvgIpc) is 3.03. The van der Waals surface area contributed by atoms with Gasteiger partial charge in [0.15, 0.2) is 5.76 Å². The van der Waals surface area contributed by atoms with Gasteiger partial charge < -0.3 is 4.42 Å². The number of furan rings is 1. The van der Waals surface area contributed by atoms with Crippen molar-refractivity contribution in [2.24, 2.45) is 0 Å². The summed E-state index contributed by atoms with van der Waals surface area (Å²) in [6, 6.07) is 11.6. The molecule has 0 aliphatic heterocycles. The van der Waals surface area contributed by atoms with Gasteiger partial charge in [-0.1, -0.05) is 18.2 Å². The number of para-hydroxylation sites is 1. The van der Waals surface area contributed by atoms with Crippen LogP contribution in [0.3, 0.4) is 0 Å². The first-order chi connectivity index (χ1) is 12.0. The Hall–Kier alpha value is -3.95. The lowest BCUT2D eigenvalue weighted by Gasteiger charge is -2.07. The lowest BCUT2D eigenvalue weighted by molar-refractivity contribution is -0.393. The van der Waals surface area contributed by atoms with Crippen molar-refractivity contribution in [1.29, 1.82) is 0 Å². The van der Waals surface area contributed by atoms with E-state index in [0.717, 1.165) is 23.6 Å². The minimum Gasteiger partial charge on any atom is -0.451 e. The van der Waals surface area contributed by atoms with Gasteiger partial charge in [-0.05, 0) is 18.2 Å². The topological polar surface area (TPSA) is 141 Å². The van der Waals surface area contributed by atoms with Crippen molar-refractivity contribution in [2.45, 2.75) is 0 Å². The number of anilines is 1. The maximum atomic E-state index is 12.1. The number of non-ortho nitro benzene ring substituents is 1. The van der Waals surface area contributed by atoms with Crippen LogP contribution in [-0.2, 0) is 0 Å². The van der Waals surface area contributed by atoms with Crippen LogP contribution in [0.1, 0.15) is 10.6 Å². The monoisotopic (exact) mass is 342 g/mol. The molecule has 10 nitrogen and oxygen atoms in total. The normalized spacial score (nSPS) is 10.4. The van der Waals surface area contributed by atoms with Crippen molar-refractivity contribution in [2.75, 3.05) is 5.43 Å². The number of nitro benzene ring substituents is 2. The van der Waals surface area contributed by atoms with E-state index in [1.165, 1.54) is 6.07 Å². The molecule has 2 N–H and O–H groups in total. The molecule has 3 aromatic rings. The molecule has 126 valence electrons. The highest BCUT2D eigenvalue weighted by molar-refractivity contribution is 5.96. The highest BCUT2D eigenvalue weighted by Crippen LogP contribution is 2.28. The van der Waals surface area contributed by atoms with Crippen LogP contribution in [0.15, 0.2) is 52.9 Å². The molecule has 0 aliphatic carbocycles. The predicted molar refractivity (Wildman–Crippen MR) is 87.1 cm³/mol. The summed E-state index contributed by atoms with van der Waals surface area (Å²) in [5, 5.41) is 22.5. The fraction of sp³-hybridized carbons (Fsp3) is 0. The molecule has 0 spiro atoms. The molecule has 1 aromatic heterocycles. The Balaban J connectivity index is 1.79. The number of hydrazine groups is 1. The molecule has 0 fully saturated rings. The van der Waals surface area contributed by atoms with Gasteiger partial charge in [-0.15, -0.1) is 0 Å². The summed E-state index contributed by atoms with van der Waals surface area (Å²) in [5.41, 5.74) is 4.10. The number of nitrogens with one attached hydrogen (secondary N) is 2. The quantitative estimate of drug-likeness (QED) is 0.536. The number of nitrogens with zero attached hydrogens (tertiary/aromatic N) is 2. The highest BCUT2D eigenvalue weighted by atomic mass is 16.6. The second-order valence-electron chi connectivity index (χ2n) is 4.94. The number of fused-ring (bicyclic) bond motifs is 1. The summed E-state index contributed by atoms with van der Waals surface area (Å²) < 4.78 is 5.37. The average molecular weight is 342 g/mol. The van der Waals surface area contributed by atoms with Gasteiger partial charge in [-0.2, -0.15) is 0 Å². The van der Waals surface area contributed by atoms with Crippen molar-refractivity contribution in [3.8, 4) is 0 Å². The Bertz CT molecular complexity index is 964. The molecule has 0 aliphatic rings. The van der Waals surface area contributed by atoms with E-state index in [2.05, 4.69) is 10.9 Å². The van der Waals surface area contributed by atoms with Crippen LogP contribution in [0, 0.1) is 20.2 Å². The van der Waals surface area contributed by atoms with Crippen LogP contribution in [0.4, 0.5) is 17.1 Å². The van der Waals surface area contributed by atoms with Gasteiger partial charge in [0, 0.05) is 11.5 Å². The zero-order valence-corrected chi connectivity index (χ0v) is 12.5. The van der Waals surface area contributed by atoms with Crippen LogP contribution < -0.4 is 10.9 Å². The van der Waals surface area contributed by atoms with E-state index in [9.17, 15) is 25.0 Å². The standard InChI is InChI=1S/C15H10N4O6/c20-15(14-7-9-3-1-2-4-13(9)25-14)17-16-11-6-5-10(18(21)22)8-12(11)19(23)24/h1-8,16H,(H,17,20). The number of hydrogen-bond donors (Lipinski definition) is 2. The molecule has 1 amide bonds. The van der Waals surface area contributed by atoms with Crippen molar-refractivity contribution in [1.82, 2.24) is 5.43 Å². The third-order valence-electron chi connectivity index (χ3n) is 3.35. The van der Waals surface area contributed by atoms with E-state index in [0.29, 0.717) is 5.58 Å². The minimum atomic E-state index is -0.789. The molecular formula is C15H10N4O6. The molecule has 10 heteroatoms. The first-order valence-electron chi connectivity index (χ1n) is 6.93. The Kier molecular flexibility index (Phi) is 4.00. The summed E-state index contributed by atoms with van der Waals surface area (Å²) >= 11 is 0. The van der Waals surface area contributed by atoms with E-state index < -0.39 is 27.1 Å². The number of nitro groups is 2. The second-order valence-corrected chi connectivity index (χ2v) is 4.94. The summed E-state index contributed by atoms with van der Waals surface area (Å²) in [7, 11) is 0.